The Balaban J connectivity index is 0. The molecule has 0 aromatic carbocycles. The summed E-state index contributed by atoms with van der Waals surface area (Å²) in [5.74, 6) is -0.824. The SMILES string of the molecule is CCCCCCCCCCCCCC(=O)OCC(COP(=O)(O)OCCN)OC(=O)CCCCCCCCCCCCC.CCN(CC)CC. The highest BCUT2D eigenvalue weighted by atomic mass is 31.2. The zero-order valence-electron chi connectivity index (χ0n) is 33.3. The molecule has 2 unspecified atom stereocenters. The van der Waals surface area contributed by atoms with Crippen molar-refractivity contribution in [3.05, 3.63) is 0 Å². The van der Waals surface area contributed by atoms with Crippen LogP contribution in [-0.4, -0.2) is 73.8 Å². The van der Waals surface area contributed by atoms with Crippen molar-refractivity contribution < 1.29 is 37.6 Å². The minimum atomic E-state index is -4.35. The second kappa shape index (κ2) is 39.2. The maximum absolute atomic E-state index is 12.4. The van der Waals surface area contributed by atoms with Gasteiger partial charge in [-0.15, -0.1) is 0 Å². The second-order valence-corrected chi connectivity index (χ2v) is 14.8. The fourth-order valence-corrected chi connectivity index (χ4v) is 6.30. The van der Waals surface area contributed by atoms with Gasteiger partial charge in [0.25, 0.3) is 0 Å². The predicted molar refractivity (Wildman–Crippen MR) is 207 cm³/mol. The van der Waals surface area contributed by atoms with Gasteiger partial charge in [0, 0.05) is 19.4 Å². The molecule has 0 radical (unpaired) electrons. The van der Waals surface area contributed by atoms with Crippen LogP contribution in [0.3, 0.4) is 0 Å². The van der Waals surface area contributed by atoms with Crippen LogP contribution in [0, 0.1) is 0 Å². The first kappa shape index (κ1) is 51.1. The first-order valence-electron chi connectivity index (χ1n) is 20.6. The molecule has 300 valence electrons. The lowest BCUT2D eigenvalue weighted by Crippen LogP contribution is -2.29. The number of esters is 2. The van der Waals surface area contributed by atoms with E-state index in [0.717, 1.165) is 32.1 Å². The van der Waals surface area contributed by atoms with Crippen LogP contribution < -0.4 is 5.73 Å². The maximum Gasteiger partial charge on any atom is 0.472 e. The zero-order chi connectivity index (χ0) is 37.6. The first-order valence-corrected chi connectivity index (χ1v) is 22.1. The molecule has 0 saturated heterocycles. The Labute approximate surface area is 308 Å². The van der Waals surface area contributed by atoms with Crippen LogP contribution in [0.25, 0.3) is 0 Å². The maximum atomic E-state index is 12.4. The van der Waals surface area contributed by atoms with Crippen LogP contribution in [-0.2, 0) is 32.7 Å². The van der Waals surface area contributed by atoms with Gasteiger partial charge < -0.3 is 25.0 Å². The van der Waals surface area contributed by atoms with Gasteiger partial charge in [0.15, 0.2) is 6.10 Å². The third-order valence-electron chi connectivity index (χ3n) is 8.83. The van der Waals surface area contributed by atoms with Gasteiger partial charge >= 0.3 is 19.8 Å². The molecule has 0 saturated carbocycles. The molecule has 0 aromatic heterocycles. The van der Waals surface area contributed by atoms with E-state index < -0.39 is 26.5 Å². The number of phosphoric ester groups is 1. The number of hydrogen-bond acceptors (Lipinski definition) is 9. The molecule has 10 nitrogen and oxygen atoms in total. The topological polar surface area (TPSA) is 138 Å². The van der Waals surface area contributed by atoms with Crippen molar-refractivity contribution in [1.82, 2.24) is 4.90 Å². The molecule has 0 fully saturated rings. The lowest BCUT2D eigenvalue weighted by atomic mass is 10.1. The van der Waals surface area contributed by atoms with Gasteiger partial charge in [0.2, 0.25) is 0 Å². The Morgan fingerprint density at radius 3 is 1.32 bits per heavy atom. The van der Waals surface area contributed by atoms with E-state index in [4.69, 9.17) is 24.3 Å². The smallest absolute Gasteiger partial charge is 0.462 e. The van der Waals surface area contributed by atoms with Crippen LogP contribution in [0.1, 0.15) is 189 Å². The van der Waals surface area contributed by atoms with Gasteiger partial charge in [-0.05, 0) is 32.5 Å². The quantitative estimate of drug-likeness (QED) is 0.0363. The lowest BCUT2D eigenvalue weighted by Gasteiger charge is -2.19. The third-order valence-corrected chi connectivity index (χ3v) is 9.82. The molecule has 0 aliphatic heterocycles. The molecule has 0 spiro atoms. The van der Waals surface area contributed by atoms with E-state index in [1.807, 2.05) is 0 Å². The summed E-state index contributed by atoms with van der Waals surface area (Å²) in [7, 11) is -4.35. The molecule has 0 aromatic rings. The van der Waals surface area contributed by atoms with Crippen LogP contribution >= 0.6 is 7.82 Å². The van der Waals surface area contributed by atoms with Crippen LogP contribution in [0.5, 0.6) is 0 Å². The van der Waals surface area contributed by atoms with Crippen molar-refractivity contribution in [2.45, 2.75) is 195 Å². The Bertz CT molecular complexity index is 780. The number of rotatable bonds is 36. The van der Waals surface area contributed by atoms with Gasteiger partial charge in [0.05, 0.1) is 13.2 Å². The van der Waals surface area contributed by atoms with E-state index >= 15 is 0 Å². The molecule has 0 rings (SSSR count). The average molecular weight is 737 g/mol. The number of nitrogens with two attached hydrogens (primary N) is 1. The molecule has 0 heterocycles. The van der Waals surface area contributed by atoms with E-state index in [9.17, 15) is 19.0 Å². The van der Waals surface area contributed by atoms with Crippen molar-refractivity contribution in [3.63, 3.8) is 0 Å². The van der Waals surface area contributed by atoms with Gasteiger partial charge in [-0.2, -0.15) is 0 Å². The molecule has 2 atom stereocenters. The van der Waals surface area contributed by atoms with Gasteiger partial charge in [-0.3, -0.25) is 18.6 Å². The first-order chi connectivity index (χ1) is 24.2. The number of carbonyl (C=O) groups excluding carboxylic acids is 2. The Kier molecular flexibility index (Phi) is 40.0. The molecule has 11 heteroatoms. The minimum absolute atomic E-state index is 0.0575. The Morgan fingerprint density at radius 1 is 0.580 bits per heavy atom. The molecule has 3 N–H and O–H groups in total. The van der Waals surface area contributed by atoms with E-state index in [2.05, 4.69) is 39.5 Å². The monoisotopic (exact) mass is 737 g/mol. The molecule has 0 amide bonds. The summed E-state index contributed by atoms with van der Waals surface area (Å²) in [4.78, 5) is 36.9. The van der Waals surface area contributed by atoms with Gasteiger partial charge in [-0.1, -0.05) is 163 Å². The predicted octanol–water partition coefficient (Wildman–Crippen LogP) is 10.3. The van der Waals surface area contributed by atoms with Crippen molar-refractivity contribution in [1.29, 1.82) is 0 Å². The summed E-state index contributed by atoms with van der Waals surface area (Å²) in [5, 5.41) is 0. The Hall–Kier alpha value is -1.03. The van der Waals surface area contributed by atoms with Crippen LogP contribution in [0.15, 0.2) is 0 Å². The van der Waals surface area contributed by atoms with Crippen molar-refractivity contribution in [2.75, 3.05) is 46.0 Å². The minimum Gasteiger partial charge on any atom is -0.462 e. The number of phosphoric acid groups is 1. The van der Waals surface area contributed by atoms with E-state index in [1.54, 1.807) is 0 Å². The molecular formula is C39H81N2O8P. The van der Waals surface area contributed by atoms with E-state index in [-0.39, 0.29) is 38.6 Å². The van der Waals surface area contributed by atoms with Crippen molar-refractivity contribution in [3.8, 4) is 0 Å². The summed E-state index contributed by atoms with van der Waals surface area (Å²) >= 11 is 0. The highest BCUT2D eigenvalue weighted by Crippen LogP contribution is 2.43. The summed E-state index contributed by atoms with van der Waals surface area (Å²) in [6, 6.07) is 0. The summed E-state index contributed by atoms with van der Waals surface area (Å²) in [6.07, 6.45) is 25.6. The fourth-order valence-electron chi connectivity index (χ4n) is 5.54. The standard InChI is InChI=1S/C33H66NO8P.C6H15N/c1-3-5-7-9-11-13-15-17-19-21-23-25-32(35)39-29-31(30-41-43(37,38)40-28-27-34)42-33(36)26-24-22-20-18-16-14-12-10-8-6-4-2;1-4-7(5-2)6-3/h31H,3-30,34H2,1-2H3,(H,37,38);4-6H2,1-3H3. The van der Waals surface area contributed by atoms with Crippen molar-refractivity contribution >= 4 is 19.8 Å². The molecular weight excluding hydrogens is 655 g/mol. The van der Waals surface area contributed by atoms with E-state index in [0.29, 0.717) is 6.42 Å². The number of hydrogen-bond donors (Lipinski definition) is 2. The summed E-state index contributed by atoms with van der Waals surface area (Å²) in [5.41, 5.74) is 5.31. The number of unbranched alkanes of at least 4 members (excludes halogenated alkanes) is 20. The molecule has 50 heavy (non-hydrogen) atoms. The summed E-state index contributed by atoms with van der Waals surface area (Å²) < 4.78 is 32.5. The van der Waals surface area contributed by atoms with Crippen LogP contribution in [0.2, 0.25) is 0 Å². The largest absolute Gasteiger partial charge is 0.472 e. The van der Waals surface area contributed by atoms with E-state index in [1.165, 1.54) is 122 Å². The third kappa shape index (κ3) is 38.2. The number of carbonyl (C=O) groups is 2. The highest BCUT2D eigenvalue weighted by molar-refractivity contribution is 7.47. The fraction of sp³-hybridized carbons (Fsp3) is 0.949. The van der Waals surface area contributed by atoms with Gasteiger partial charge in [0.1, 0.15) is 6.61 Å². The normalized spacial score (nSPS) is 13.0. The lowest BCUT2D eigenvalue weighted by molar-refractivity contribution is -0.161. The molecule has 0 aliphatic carbocycles. The number of ether oxygens (including phenoxy) is 2. The summed E-state index contributed by atoms with van der Waals surface area (Å²) in [6.45, 7) is 13.8. The van der Waals surface area contributed by atoms with Crippen molar-refractivity contribution in [2.24, 2.45) is 5.73 Å². The average Bonchev–Trinajstić information content (AvgIpc) is 3.11. The van der Waals surface area contributed by atoms with Crippen LogP contribution in [0.4, 0.5) is 0 Å². The second-order valence-electron chi connectivity index (χ2n) is 13.4. The van der Waals surface area contributed by atoms with Gasteiger partial charge in [-0.25, -0.2) is 4.57 Å². The Morgan fingerprint density at radius 2 is 0.960 bits per heavy atom. The molecule has 0 bridgehead atoms. The zero-order valence-corrected chi connectivity index (χ0v) is 34.2. The highest BCUT2D eigenvalue weighted by Gasteiger charge is 2.26. The number of nitrogens with zero attached hydrogens (tertiary/aromatic N) is 1. The molecule has 0 aliphatic rings.